The molecule has 1 heteroatoms. The normalized spacial score (nSPS) is 21.3. The van der Waals surface area contributed by atoms with Gasteiger partial charge in [-0.25, -0.2) is 0 Å². The lowest BCUT2D eigenvalue weighted by molar-refractivity contribution is 0.245. The van der Waals surface area contributed by atoms with E-state index < -0.39 is 0 Å². The largest absolute Gasteiger partial charge is 0.319 e. The number of hydrogen-bond acceptors (Lipinski definition) is 1. The van der Waals surface area contributed by atoms with Gasteiger partial charge in [0, 0.05) is 0 Å². The molecule has 1 fully saturated rings. The molecule has 1 unspecified atom stereocenters. The van der Waals surface area contributed by atoms with E-state index >= 15 is 0 Å². The van der Waals surface area contributed by atoms with E-state index in [2.05, 4.69) is 25.0 Å². The Balaban J connectivity index is 2.36. The molecule has 0 spiro atoms. The Morgan fingerprint density at radius 1 is 1.38 bits per heavy atom. The summed E-state index contributed by atoms with van der Waals surface area (Å²) in [6, 6.07) is 0. The predicted molar refractivity (Wildman–Crippen MR) is 58.8 cm³/mol. The van der Waals surface area contributed by atoms with Crippen LogP contribution in [0.4, 0.5) is 0 Å². The van der Waals surface area contributed by atoms with E-state index in [1.165, 1.54) is 38.5 Å². The van der Waals surface area contributed by atoms with Crippen molar-refractivity contribution in [2.45, 2.75) is 38.5 Å². The fourth-order valence-electron chi connectivity index (χ4n) is 2.52. The highest BCUT2D eigenvalue weighted by Gasteiger charge is 2.21. The van der Waals surface area contributed by atoms with Crippen molar-refractivity contribution in [3.8, 4) is 0 Å². The monoisotopic (exact) mass is 181 g/mol. The summed E-state index contributed by atoms with van der Waals surface area (Å²) in [5, 5.41) is 3.30. The molecule has 76 valence electrons. The van der Waals surface area contributed by atoms with E-state index in [0.29, 0.717) is 0 Å². The first-order chi connectivity index (χ1) is 6.38. The van der Waals surface area contributed by atoms with Crippen LogP contribution in [-0.4, -0.2) is 13.6 Å². The van der Waals surface area contributed by atoms with Crippen molar-refractivity contribution in [2.24, 2.45) is 11.8 Å². The molecule has 0 aromatic rings. The molecule has 0 heterocycles. The zero-order valence-corrected chi connectivity index (χ0v) is 8.89. The van der Waals surface area contributed by atoms with Crippen molar-refractivity contribution in [3.63, 3.8) is 0 Å². The molecule has 13 heavy (non-hydrogen) atoms. The third-order valence-corrected chi connectivity index (χ3v) is 3.25. The average molecular weight is 181 g/mol. The molecular weight excluding hydrogens is 158 g/mol. The average Bonchev–Trinajstić information content (AvgIpc) is 2.19. The lowest BCUT2D eigenvalue weighted by Crippen LogP contribution is -2.27. The van der Waals surface area contributed by atoms with Crippen LogP contribution in [0, 0.1) is 11.8 Å². The zero-order valence-electron chi connectivity index (χ0n) is 8.89. The summed E-state index contributed by atoms with van der Waals surface area (Å²) in [7, 11) is 2.05. The van der Waals surface area contributed by atoms with E-state index in [4.69, 9.17) is 0 Å². The van der Waals surface area contributed by atoms with Crippen LogP contribution in [0.3, 0.4) is 0 Å². The van der Waals surface area contributed by atoms with E-state index in [1.807, 2.05) is 0 Å². The molecule has 0 bridgehead atoms. The lowest BCUT2D eigenvalue weighted by Gasteiger charge is -2.29. The molecule has 0 aromatic carbocycles. The second kappa shape index (κ2) is 6.20. The van der Waals surface area contributed by atoms with Crippen LogP contribution in [0.2, 0.25) is 0 Å². The zero-order chi connectivity index (χ0) is 9.52. The molecule has 1 rings (SSSR count). The number of rotatable bonds is 5. The molecule has 0 saturated heterocycles. The highest BCUT2D eigenvalue weighted by atomic mass is 14.8. The maximum Gasteiger partial charge on any atom is -0.00179 e. The van der Waals surface area contributed by atoms with Crippen molar-refractivity contribution < 1.29 is 0 Å². The highest BCUT2D eigenvalue weighted by Crippen LogP contribution is 2.31. The fourth-order valence-corrected chi connectivity index (χ4v) is 2.52. The van der Waals surface area contributed by atoms with Gasteiger partial charge >= 0.3 is 0 Å². The molecule has 1 saturated carbocycles. The minimum atomic E-state index is 0.836. The Labute approximate surface area is 82.6 Å². The second-order valence-corrected chi connectivity index (χ2v) is 4.24. The quantitative estimate of drug-likeness (QED) is 0.643. The lowest BCUT2D eigenvalue weighted by atomic mass is 9.78. The minimum Gasteiger partial charge on any atom is -0.319 e. The maximum absolute atomic E-state index is 3.85. The van der Waals surface area contributed by atoms with Gasteiger partial charge in [-0.15, -0.1) is 6.58 Å². The van der Waals surface area contributed by atoms with Crippen LogP contribution >= 0.6 is 0 Å². The minimum absolute atomic E-state index is 0.836. The van der Waals surface area contributed by atoms with E-state index in [1.54, 1.807) is 0 Å². The summed E-state index contributed by atoms with van der Waals surface area (Å²) in [6.07, 6.45) is 10.5. The van der Waals surface area contributed by atoms with Gasteiger partial charge in [0.2, 0.25) is 0 Å². The van der Waals surface area contributed by atoms with Crippen molar-refractivity contribution in [2.75, 3.05) is 13.6 Å². The van der Waals surface area contributed by atoms with Gasteiger partial charge in [-0.05, 0) is 31.8 Å². The van der Waals surface area contributed by atoms with Gasteiger partial charge in [0.15, 0.2) is 0 Å². The predicted octanol–water partition coefficient (Wildman–Crippen LogP) is 2.98. The van der Waals surface area contributed by atoms with Gasteiger partial charge < -0.3 is 5.32 Å². The Hall–Kier alpha value is -0.300. The van der Waals surface area contributed by atoms with Crippen LogP contribution in [0.1, 0.15) is 38.5 Å². The smallest absolute Gasteiger partial charge is 0.00179 e. The van der Waals surface area contributed by atoms with Gasteiger partial charge in [0.05, 0.1) is 0 Å². The Morgan fingerprint density at radius 3 is 2.62 bits per heavy atom. The second-order valence-electron chi connectivity index (χ2n) is 4.24. The Kier molecular flexibility index (Phi) is 5.14. The standard InChI is InChI=1S/C12H23N/c1-3-7-12(10-13-2)11-8-5-4-6-9-11/h3,11-13H,1,4-10H2,2H3. The molecule has 0 aliphatic heterocycles. The van der Waals surface area contributed by atoms with Gasteiger partial charge in [0.25, 0.3) is 0 Å². The highest BCUT2D eigenvalue weighted by molar-refractivity contribution is 4.81. The summed E-state index contributed by atoms with van der Waals surface area (Å²) in [4.78, 5) is 0. The Bertz CT molecular complexity index is 136. The molecule has 1 aliphatic rings. The van der Waals surface area contributed by atoms with Crippen LogP contribution in [0.5, 0.6) is 0 Å². The molecule has 0 radical (unpaired) electrons. The van der Waals surface area contributed by atoms with Crippen LogP contribution < -0.4 is 5.32 Å². The SMILES string of the molecule is C=CCC(CNC)C1CCCCC1. The number of hydrogen-bond donors (Lipinski definition) is 1. The van der Waals surface area contributed by atoms with Crippen molar-refractivity contribution in [3.05, 3.63) is 12.7 Å². The van der Waals surface area contributed by atoms with Gasteiger partial charge in [0.1, 0.15) is 0 Å². The van der Waals surface area contributed by atoms with E-state index in [-0.39, 0.29) is 0 Å². The van der Waals surface area contributed by atoms with E-state index in [9.17, 15) is 0 Å². The molecule has 0 aromatic heterocycles. The first-order valence-corrected chi connectivity index (χ1v) is 5.64. The molecule has 1 atom stereocenters. The summed E-state index contributed by atoms with van der Waals surface area (Å²) in [6.45, 7) is 5.01. The molecule has 1 aliphatic carbocycles. The first kappa shape index (κ1) is 10.8. The summed E-state index contributed by atoms with van der Waals surface area (Å²) < 4.78 is 0. The van der Waals surface area contributed by atoms with Crippen LogP contribution in [-0.2, 0) is 0 Å². The summed E-state index contributed by atoms with van der Waals surface area (Å²) in [5.74, 6) is 1.79. The molecule has 1 N–H and O–H groups in total. The fraction of sp³-hybridized carbons (Fsp3) is 0.833. The Morgan fingerprint density at radius 2 is 2.08 bits per heavy atom. The topological polar surface area (TPSA) is 12.0 Å². The van der Waals surface area contributed by atoms with Gasteiger partial charge in [-0.3, -0.25) is 0 Å². The van der Waals surface area contributed by atoms with Crippen LogP contribution in [0.25, 0.3) is 0 Å². The third kappa shape index (κ3) is 3.51. The van der Waals surface area contributed by atoms with Gasteiger partial charge in [-0.1, -0.05) is 38.2 Å². The molecular formula is C12H23N. The summed E-state index contributed by atoms with van der Waals surface area (Å²) >= 11 is 0. The first-order valence-electron chi connectivity index (χ1n) is 5.64. The van der Waals surface area contributed by atoms with Crippen molar-refractivity contribution >= 4 is 0 Å². The maximum atomic E-state index is 3.85. The van der Waals surface area contributed by atoms with Crippen LogP contribution in [0.15, 0.2) is 12.7 Å². The summed E-state index contributed by atoms with van der Waals surface area (Å²) in [5.41, 5.74) is 0. The molecule has 1 nitrogen and oxygen atoms in total. The number of allylic oxidation sites excluding steroid dienone is 1. The van der Waals surface area contributed by atoms with E-state index in [0.717, 1.165) is 18.4 Å². The number of nitrogens with one attached hydrogen (secondary N) is 1. The third-order valence-electron chi connectivity index (χ3n) is 3.25. The van der Waals surface area contributed by atoms with Crippen molar-refractivity contribution in [1.29, 1.82) is 0 Å². The molecule has 0 amide bonds. The van der Waals surface area contributed by atoms with Crippen molar-refractivity contribution in [1.82, 2.24) is 5.32 Å². The van der Waals surface area contributed by atoms with Gasteiger partial charge in [-0.2, -0.15) is 0 Å².